The van der Waals surface area contributed by atoms with Gasteiger partial charge in [0.15, 0.2) is 0 Å². The van der Waals surface area contributed by atoms with Crippen LogP contribution >= 0.6 is 0 Å². The van der Waals surface area contributed by atoms with Crippen molar-refractivity contribution in [3.05, 3.63) is 34.9 Å². The molecule has 0 saturated heterocycles. The van der Waals surface area contributed by atoms with E-state index in [1.54, 1.807) is 0 Å². The van der Waals surface area contributed by atoms with E-state index in [0.717, 1.165) is 31.6 Å². The van der Waals surface area contributed by atoms with Crippen LogP contribution < -0.4 is 5.32 Å². The fourth-order valence-electron chi connectivity index (χ4n) is 4.03. The van der Waals surface area contributed by atoms with Gasteiger partial charge in [-0.05, 0) is 54.3 Å². The van der Waals surface area contributed by atoms with Gasteiger partial charge in [-0.25, -0.2) is 0 Å². The zero-order valence-electron chi connectivity index (χ0n) is 13.5. The molecule has 3 rings (SSSR count). The average molecular weight is 287 g/mol. The molecule has 2 nitrogen and oxygen atoms in total. The van der Waals surface area contributed by atoms with Gasteiger partial charge in [-0.1, -0.05) is 44.9 Å². The Morgan fingerprint density at radius 3 is 2.90 bits per heavy atom. The van der Waals surface area contributed by atoms with E-state index in [1.165, 1.54) is 48.8 Å². The second-order valence-electron chi connectivity index (χ2n) is 6.98. The molecule has 0 radical (unpaired) electrons. The van der Waals surface area contributed by atoms with Gasteiger partial charge < -0.3 is 10.1 Å². The molecule has 0 aromatic heterocycles. The Balaban J connectivity index is 1.80. The summed E-state index contributed by atoms with van der Waals surface area (Å²) in [6.07, 6.45) is 6.75. The lowest BCUT2D eigenvalue weighted by Crippen LogP contribution is -2.32. The molecule has 3 unspecified atom stereocenters. The van der Waals surface area contributed by atoms with Crippen molar-refractivity contribution in [1.29, 1.82) is 0 Å². The number of fused-ring (bicyclic) bond motifs is 1. The smallest absolute Gasteiger partial charge is 0.0725 e. The van der Waals surface area contributed by atoms with Gasteiger partial charge in [0.1, 0.15) is 0 Å². The number of rotatable bonds is 5. The summed E-state index contributed by atoms with van der Waals surface area (Å²) in [5.41, 5.74) is 4.26. The van der Waals surface area contributed by atoms with Crippen LogP contribution in [0.4, 0.5) is 0 Å². The first-order valence-electron chi connectivity index (χ1n) is 8.70. The maximum Gasteiger partial charge on any atom is 0.0725 e. The Hall–Kier alpha value is -0.860. The molecule has 2 heteroatoms. The summed E-state index contributed by atoms with van der Waals surface area (Å²) in [5, 5.41) is 3.83. The van der Waals surface area contributed by atoms with Crippen LogP contribution in [-0.2, 0) is 18.0 Å². The quantitative estimate of drug-likeness (QED) is 0.855. The molecular formula is C19H29NO. The van der Waals surface area contributed by atoms with Crippen molar-refractivity contribution < 1.29 is 4.74 Å². The molecule has 0 spiro atoms. The third-order valence-corrected chi connectivity index (χ3v) is 5.17. The summed E-state index contributed by atoms with van der Waals surface area (Å²) < 4.78 is 5.57. The predicted molar refractivity (Wildman–Crippen MR) is 87.1 cm³/mol. The largest absolute Gasteiger partial charge is 0.372 e. The third-order valence-electron chi connectivity index (χ3n) is 5.17. The van der Waals surface area contributed by atoms with E-state index in [4.69, 9.17) is 4.74 Å². The van der Waals surface area contributed by atoms with Crippen LogP contribution in [0, 0.1) is 11.8 Å². The van der Waals surface area contributed by atoms with E-state index in [-0.39, 0.29) is 0 Å². The minimum absolute atomic E-state index is 0.526. The Morgan fingerprint density at radius 1 is 1.24 bits per heavy atom. The van der Waals surface area contributed by atoms with Gasteiger partial charge in [0.25, 0.3) is 0 Å². The lowest BCUT2D eigenvalue weighted by Gasteiger charge is -2.34. The molecule has 1 heterocycles. The number of hydrogen-bond acceptors (Lipinski definition) is 2. The summed E-state index contributed by atoms with van der Waals surface area (Å²) in [6.45, 7) is 7.38. The maximum absolute atomic E-state index is 5.57. The summed E-state index contributed by atoms with van der Waals surface area (Å²) in [6, 6.07) is 7.54. The van der Waals surface area contributed by atoms with E-state index in [0.29, 0.717) is 6.04 Å². The van der Waals surface area contributed by atoms with Crippen molar-refractivity contribution in [2.75, 3.05) is 6.54 Å². The van der Waals surface area contributed by atoms with Gasteiger partial charge in [-0.2, -0.15) is 0 Å². The Kier molecular flexibility index (Phi) is 4.97. The standard InChI is InChI=1S/C19H29NO/c1-3-9-20-19(15-6-4-5-14(2)10-15)16-7-8-17-12-21-13-18(17)11-16/h7-8,11,14-15,19-20H,3-6,9-10,12-13H2,1-2H3. The van der Waals surface area contributed by atoms with Crippen LogP contribution in [0.3, 0.4) is 0 Å². The SMILES string of the molecule is CCCNC(c1ccc2c(c1)COC2)C1CCCC(C)C1. The molecule has 1 fully saturated rings. The van der Waals surface area contributed by atoms with Crippen molar-refractivity contribution >= 4 is 0 Å². The van der Waals surface area contributed by atoms with Crippen molar-refractivity contribution in [1.82, 2.24) is 5.32 Å². The first-order chi connectivity index (χ1) is 10.3. The van der Waals surface area contributed by atoms with E-state index in [1.807, 2.05) is 0 Å². The number of nitrogens with one attached hydrogen (secondary N) is 1. The Bertz CT molecular complexity index is 471. The molecule has 1 saturated carbocycles. The summed E-state index contributed by atoms with van der Waals surface area (Å²) >= 11 is 0. The van der Waals surface area contributed by atoms with Crippen LogP contribution in [0.15, 0.2) is 18.2 Å². The third kappa shape index (κ3) is 3.49. The number of hydrogen-bond donors (Lipinski definition) is 1. The zero-order valence-corrected chi connectivity index (χ0v) is 13.5. The van der Waals surface area contributed by atoms with E-state index >= 15 is 0 Å². The Morgan fingerprint density at radius 2 is 2.10 bits per heavy atom. The van der Waals surface area contributed by atoms with E-state index < -0.39 is 0 Å². The van der Waals surface area contributed by atoms with Gasteiger partial charge in [0.2, 0.25) is 0 Å². The molecule has 1 aliphatic carbocycles. The van der Waals surface area contributed by atoms with Gasteiger partial charge in [-0.15, -0.1) is 0 Å². The lowest BCUT2D eigenvalue weighted by molar-refractivity contribution is 0.134. The van der Waals surface area contributed by atoms with Gasteiger partial charge in [0, 0.05) is 6.04 Å². The Labute approximate surface area is 129 Å². The van der Waals surface area contributed by atoms with Crippen LogP contribution in [-0.4, -0.2) is 6.54 Å². The van der Waals surface area contributed by atoms with Crippen LogP contribution in [0.25, 0.3) is 0 Å². The van der Waals surface area contributed by atoms with Crippen molar-refractivity contribution in [2.45, 2.75) is 65.2 Å². The van der Waals surface area contributed by atoms with Crippen LogP contribution in [0.2, 0.25) is 0 Å². The first-order valence-corrected chi connectivity index (χ1v) is 8.70. The summed E-state index contributed by atoms with van der Waals surface area (Å²) in [4.78, 5) is 0. The molecule has 116 valence electrons. The minimum Gasteiger partial charge on any atom is -0.372 e. The van der Waals surface area contributed by atoms with Crippen molar-refractivity contribution in [3.8, 4) is 0 Å². The highest BCUT2D eigenvalue weighted by Crippen LogP contribution is 2.38. The highest BCUT2D eigenvalue weighted by Gasteiger charge is 2.28. The summed E-state index contributed by atoms with van der Waals surface area (Å²) in [7, 11) is 0. The molecule has 1 aliphatic heterocycles. The second-order valence-corrected chi connectivity index (χ2v) is 6.98. The molecular weight excluding hydrogens is 258 g/mol. The molecule has 0 amide bonds. The lowest BCUT2D eigenvalue weighted by atomic mass is 9.76. The molecule has 1 N–H and O–H groups in total. The number of ether oxygens (including phenoxy) is 1. The molecule has 2 aliphatic rings. The predicted octanol–water partition coefficient (Wildman–Crippen LogP) is 4.58. The highest BCUT2D eigenvalue weighted by atomic mass is 16.5. The molecule has 1 aromatic rings. The van der Waals surface area contributed by atoms with Gasteiger partial charge in [0.05, 0.1) is 13.2 Å². The highest BCUT2D eigenvalue weighted by molar-refractivity contribution is 5.35. The normalized spacial score (nSPS) is 26.6. The monoisotopic (exact) mass is 287 g/mol. The van der Waals surface area contributed by atoms with Crippen LogP contribution in [0.1, 0.15) is 68.7 Å². The number of benzene rings is 1. The second kappa shape index (κ2) is 6.93. The zero-order chi connectivity index (χ0) is 14.7. The fraction of sp³-hybridized carbons (Fsp3) is 0.684. The van der Waals surface area contributed by atoms with E-state index in [9.17, 15) is 0 Å². The molecule has 3 atom stereocenters. The first kappa shape index (κ1) is 15.1. The average Bonchev–Trinajstić information content (AvgIpc) is 2.95. The molecule has 0 bridgehead atoms. The van der Waals surface area contributed by atoms with Crippen molar-refractivity contribution in [2.24, 2.45) is 11.8 Å². The van der Waals surface area contributed by atoms with Gasteiger partial charge >= 0.3 is 0 Å². The van der Waals surface area contributed by atoms with Crippen LogP contribution in [0.5, 0.6) is 0 Å². The fourth-order valence-corrected chi connectivity index (χ4v) is 4.03. The molecule has 1 aromatic carbocycles. The van der Waals surface area contributed by atoms with Gasteiger partial charge in [-0.3, -0.25) is 0 Å². The maximum atomic E-state index is 5.57. The topological polar surface area (TPSA) is 21.3 Å². The van der Waals surface area contributed by atoms with E-state index in [2.05, 4.69) is 37.4 Å². The summed E-state index contributed by atoms with van der Waals surface area (Å²) in [5.74, 6) is 1.67. The van der Waals surface area contributed by atoms with Crippen molar-refractivity contribution in [3.63, 3.8) is 0 Å². The minimum atomic E-state index is 0.526. The molecule has 21 heavy (non-hydrogen) atoms.